The maximum atomic E-state index is 12.0. The summed E-state index contributed by atoms with van der Waals surface area (Å²) < 4.78 is 0. The van der Waals surface area contributed by atoms with Crippen LogP contribution >= 0.6 is 0 Å². The predicted molar refractivity (Wildman–Crippen MR) is 82.9 cm³/mol. The van der Waals surface area contributed by atoms with Crippen LogP contribution in [0.25, 0.3) is 0 Å². The average Bonchev–Trinajstić information content (AvgIpc) is 2.45. The zero-order chi connectivity index (χ0) is 15.2. The Morgan fingerprint density at radius 1 is 1.29 bits per heavy atom. The van der Waals surface area contributed by atoms with Crippen LogP contribution in [0.4, 0.5) is 0 Å². The average molecular weight is 288 g/mol. The summed E-state index contributed by atoms with van der Waals surface area (Å²) in [5, 5.41) is 2.73. The number of hydrogen-bond acceptors (Lipinski definition) is 2. The highest BCUT2D eigenvalue weighted by molar-refractivity contribution is 5.85. The summed E-state index contributed by atoms with van der Waals surface area (Å²) in [6.45, 7) is 5.95. The summed E-state index contributed by atoms with van der Waals surface area (Å²) >= 11 is 0. The van der Waals surface area contributed by atoms with Crippen LogP contribution in [-0.2, 0) is 16.0 Å². The number of nitrogens with one attached hydrogen (secondary N) is 1. The molecular formula is C17H24N2O2. The van der Waals surface area contributed by atoms with E-state index < -0.39 is 0 Å². The van der Waals surface area contributed by atoms with Crippen LogP contribution in [0.15, 0.2) is 24.3 Å². The molecule has 21 heavy (non-hydrogen) atoms. The number of rotatable bonds is 4. The van der Waals surface area contributed by atoms with E-state index in [4.69, 9.17) is 0 Å². The normalized spacial score (nSPS) is 15.8. The van der Waals surface area contributed by atoms with Crippen molar-refractivity contribution in [2.75, 3.05) is 19.6 Å². The van der Waals surface area contributed by atoms with E-state index in [1.807, 2.05) is 36.1 Å². The number of aryl methyl sites for hydroxylation is 1. The Labute approximate surface area is 126 Å². The van der Waals surface area contributed by atoms with Crippen LogP contribution in [0.1, 0.15) is 30.9 Å². The maximum absolute atomic E-state index is 12.0. The van der Waals surface area contributed by atoms with Crippen molar-refractivity contribution >= 4 is 11.8 Å². The van der Waals surface area contributed by atoms with E-state index in [1.165, 1.54) is 0 Å². The molecule has 0 spiro atoms. The molecule has 0 radical (unpaired) electrons. The van der Waals surface area contributed by atoms with Gasteiger partial charge in [0.05, 0.1) is 13.0 Å². The molecule has 1 fully saturated rings. The van der Waals surface area contributed by atoms with Crippen molar-refractivity contribution < 1.29 is 9.59 Å². The first-order valence-corrected chi connectivity index (χ1v) is 7.64. The topological polar surface area (TPSA) is 49.4 Å². The van der Waals surface area contributed by atoms with Gasteiger partial charge in [0.25, 0.3) is 0 Å². The largest absolute Gasteiger partial charge is 0.347 e. The third-order valence-corrected chi connectivity index (χ3v) is 4.02. The Morgan fingerprint density at radius 3 is 2.67 bits per heavy atom. The van der Waals surface area contributed by atoms with Crippen LogP contribution < -0.4 is 5.32 Å². The van der Waals surface area contributed by atoms with Crippen molar-refractivity contribution in [3.63, 3.8) is 0 Å². The molecule has 0 bridgehead atoms. The van der Waals surface area contributed by atoms with Crippen molar-refractivity contribution in [2.24, 2.45) is 5.92 Å². The molecule has 1 saturated heterocycles. The van der Waals surface area contributed by atoms with Crippen molar-refractivity contribution in [1.82, 2.24) is 10.2 Å². The standard InChI is InChI=1S/C17H24N2O2/c1-13-6-8-19(9-7-13)17(21)12-18-16(20)11-15-5-3-4-14(2)10-15/h3-5,10,13H,6-9,11-12H2,1-2H3,(H,18,20). The number of benzene rings is 1. The van der Waals surface area contributed by atoms with Gasteiger partial charge in [-0.1, -0.05) is 36.8 Å². The van der Waals surface area contributed by atoms with Gasteiger partial charge in [-0.3, -0.25) is 9.59 Å². The molecule has 0 atom stereocenters. The van der Waals surface area contributed by atoms with E-state index >= 15 is 0 Å². The third-order valence-electron chi connectivity index (χ3n) is 4.02. The SMILES string of the molecule is Cc1cccc(CC(=O)NCC(=O)N2CCC(C)CC2)c1. The highest BCUT2D eigenvalue weighted by atomic mass is 16.2. The summed E-state index contributed by atoms with van der Waals surface area (Å²) in [6, 6.07) is 7.87. The lowest BCUT2D eigenvalue weighted by Gasteiger charge is -2.30. The zero-order valence-electron chi connectivity index (χ0n) is 12.9. The van der Waals surface area contributed by atoms with Crippen LogP contribution in [0.5, 0.6) is 0 Å². The van der Waals surface area contributed by atoms with Gasteiger partial charge < -0.3 is 10.2 Å². The molecule has 1 N–H and O–H groups in total. The van der Waals surface area contributed by atoms with Gasteiger partial charge >= 0.3 is 0 Å². The van der Waals surface area contributed by atoms with E-state index in [-0.39, 0.29) is 18.4 Å². The minimum absolute atomic E-state index is 0.0273. The second kappa shape index (κ2) is 7.25. The zero-order valence-corrected chi connectivity index (χ0v) is 12.9. The smallest absolute Gasteiger partial charge is 0.241 e. The molecule has 1 aromatic rings. The highest BCUT2D eigenvalue weighted by Crippen LogP contribution is 2.15. The minimum Gasteiger partial charge on any atom is -0.347 e. The Balaban J connectivity index is 1.75. The summed E-state index contributed by atoms with van der Waals surface area (Å²) in [5.41, 5.74) is 2.12. The van der Waals surface area contributed by atoms with Crippen molar-refractivity contribution in [3.05, 3.63) is 35.4 Å². The second-order valence-corrected chi connectivity index (χ2v) is 6.01. The first-order chi connectivity index (χ1) is 10.0. The first kappa shape index (κ1) is 15.5. The van der Waals surface area contributed by atoms with E-state index in [0.29, 0.717) is 12.3 Å². The third kappa shape index (κ3) is 4.88. The van der Waals surface area contributed by atoms with Gasteiger partial charge in [0.2, 0.25) is 11.8 Å². The number of hydrogen-bond donors (Lipinski definition) is 1. The molecule has 0 unspecified atom stereocenters. The molecule has 4 nitrogen and oxygen atoms in total. The van der Waals surface area contributed by atoms with Gasteiger partial charge in [0.1, 0.15) is 0 Å². The Kier molecular flexibility index (Phi) is 5.37. The van der Waals surface area contributed by atoms with Crippen LogP contribution in [0.3, 0.4) is 0 Å². The molecule has 0 aromatic heterocycles. The van der Waals surface area contributed by atoms with Crippen molar-refractivity contribution in [3.8, 4) is 0 Å². The molecule has 0 aliphatic carbocycles. The molecule has 4 heteroatoms. The molecule has 0 saturated carbocycles. The Morgan fingerprint density at radius 2 is 2.00 bits per heavy atom. The summed E-state index contributed by atoms with van der Waals surface area (Å²) in [5.74, 6) is 0.629. The highest BCUT2D eigenvalue weighted by Gasteiger charge is 2.20. The molecule has 1 aliphatic heterocycles. The van der Waals surface area contributed by atoms with E-state index in [1.54, 1.807) is 0 Å². The molecule has 2 amide bonds. The summed E-state index contributed by atoms with van der Waals surface area (Å²) in [6.07, 6.45) is 2.44. The molecule has 1 heterocycles. The maximum Gasteiger partial charge on any atom is 0.241 e. The van der Waals surface area contributed by atoms with Crippen molar-refractivity contribution in [2.45, 2.75) is 33.1 Å². The van der Waals surface area contributed by atoms with Crippen LogP contribution in [0, 0.1) is 12.8 Å². The van der Waals surface area contributed by atoms with Gasteiger partial charge in [-0.15, -0.1) is 0 Å². The first-order valence-electron chi connectivity index (χ1n) is 7.64. The number of amides is 2. The van der Waals surface area contributed by atoms with Gasteiger partial charge in [-0.2, -0.15) is 0 Å². The van der Waals surface area contributed by atoms with Gasteiger partial charge in [0.15, 0.2) is 0 Å². The van der Waals surface area contributed by atoms with Gasteiger partial charge in [-0.05, 0) is 31.2 Å². The fourth-order valence-corrected chi connectivity index (χ4v) is 2.61. The van der Waals surface area contributed by atoms with Gasteiger partial charge in [-0.25, -0.2) is 0 Å². The summed E-state index contributed by atoms with van der Waals surface area (Å²) in [4.78, 5) is 25.8. The lowest BCUT2D eigenvalue weighted by atomic mass is 9.99. The fourth-order valence-electron chi connectivity index (χ4n) is 2.61. The molecular weight excluding hydrogens is 264 g/mol. The van der Waals surface area contributed by atoms with E-state index in [2.05, 4.69) is 12.2 Å². The fraction of sp³-hybridized carbons (Fsp3) is 0.529. The molecule has 1 aromatic carbocycles. The van der Waals surface area contributed by atoms with Crippen LogP contribution in [-0.4, -0.2) is 36.3 Å². The number of carbonyl (C=O) groups is 2. The van der Waals surface area contributed by atoms with Crippen LogP contribution in [0.2, 0.25) is 0 Å². The number of carbonyl (C=O) groups excluding carboxylic acids is 2. The van der Waals surface area contributed by atoms with E-state index in [0.717, 1.165) is 37.1 Å². The molecule has 1 aliphatic rings. The summed E-state index contributed by atoms with van der Waals surface area (Å²) in [7, 11) is 0. The lowest BCUT2D eigenvalue weighted by Crippen LogP contribution is -2.44. The second-order valence-electron chi connectivity index (χ2n) is 6.01. The quantitative estimate of drug-likeness (QED) is 0.920. The van der Waals surface area contributed by atoms with Crippen molar-refractivity contribution in [1.29, 1.82) is 0 Å². The number of piperidine rings is 1. The van der Waals surface area contributed by atoms with Gasteiger partial charge in [0, 0.05) is 13.1 Å². The monoisotopic (exact) mass is 288 g/mol. The molecule has 2 rings (SSSR count). The molecule has 114 valence electrons. The lowest BCUT2D eigenvalue weighted by molar-refractivity contribution is -0.133. The Bertz CT molecular complexity index is 505. The predicted octanol–water partition coefficient (Wildman–Crippen LogP) is 1.91. The minimum atomic E-state index is -0.0978. The van der Waals surface area contributed by atoms with E-state index in [9.17, 15) is 9.59 Å². The number of nitrogens with zero attached hydrogens (tertiary/aromatic N) is 1. The number of likely N-dealkylation sites (tertiary alicyclic amines) is 1. The Hall–Kier alpha value is -1.84.